The number of benzene rings is 1. The van der Waals surface area contributed by atoms with Crippen LogP contribution < -0.4 is 0 Å². The number of hydrogen-bond acceptors (Lipinski definition) is 4. The number of ketones is 1. The Balaban J connectivity index is 1.81. The molecule has 2 heterocycles. The van der Waals surface area contributed by atoms with E-state index < -0.39 is 4.92 Å². The van der Waals surface area contributed by atoms with Crippen LogP contribution in [-0.4, -0.2) is 25.1 Å². The maximum atomic E-state index is 12.2. The normalized spacial score (nSPS) is 11.1. The van der Waals surface area contributed by atoms with Gasteiger partial charge in [0, 0.05) is 42.5 Å². The van der Waals surface area contributed by atoms with Crippen LogP contribution in [0.4, 0.5) is 5.69 Å². The molecule has 126 valence electrons. The average molecular weight is 336 g/mol. The SMILES string of the molecule is CCn1ccc(C(=O)/C=C/c2cccn2-c2ccc([N+](=O)[O-])cc2)n1. The molecule has 0 amide bonds. The Kier molecular flexibility index (Phi) is 4.56. The van der Waals surface area contributed by atoms with Gasteiger partial charge in [0.1, 0.15) is 5.69 Å². The maximum Gasteiger partial charge on any atom is 0.269 e. The quantitative estimate of drug-likeness (QED) is 0.298. The fourth-order valence-corrected chi connectivity index (χ4v) is 2.42. The number of non-ortho nitro benzene ring substituents is 1. The molecule has 0 bridgehead atoms. The third-order valence-corrected chi connectivity index (χ3v) is 3.74. The summed E-state index contributed by atoms with van der Waals surface area (Å²) in [4.78, 5) is 22.5. The first-order valence-corrected chi connectivity index (χ1v) is 7.76. The van der Waals surface area contributed by atoms with E-state index >= 15 is 0 Å². The van der Waals surface area contributed by atoms with Crippen molar-refractivity contribution in [3.05, 3.63) is 82.4 Å². The number of aryl methyl sites for hydroxylation is 1. The summed E-state index contributed by atoms with van der Waals surface area (Å²) in [6, 6.07) is 11.6. The van der Waals surface area contributed by atoms with Gasteiger partial charge in [-0.3, -0.25) is 19.6 Å². The van der Waals surface area contributed by atoms with Gasteiger partial charge in [-0.25, -0.2) is 0 Å². The Morgan fingerprint density at radius 3 is 2.60 bits per heavy atom. The zero-order chi connectivity index (χ0) is 17.8. The molecule has 3 rings (SSSR count). The van der Waals surface area contributed by atoms with Gasteiger partial charge in [0.05, 0.1) is 4.92 Å². The molecule has 2 aromatic heterocycles. The van der Waals surface area contributed by atoms with Gasteiger partial charge < -0.3 is 4.57 Å². The zero-order valence-corrected chi connectivity index (χ0v) is 13.6. The van der Waals surface area contributed by atoms with E-state index in [1.807, 2.05) is 29.8 Å². The third-order valence-electron chi connectivity index (χ3n) is 3.74. The summed E-state index contributed by atoms with van der Waals surface area (Å²) in [6.07, 6.45) is 6.77. The lowest BCUT2D eigenvalue weighted by Gasteiger charge is -2.06. The molecule has 25 heavy (non-hydrogen) atoms. The smallest absolute Gasteiger partial charge is 0.269 e. The van der Waals surface area contributed by atoms with E-state index in [4.69, 9.17) is 0 Å². The fraction of sp³-hybridized carbons (Fsp3) is 0.111. The fourth-order valence-electron chi connectivity index (χ4n) is 2.42. The Labute approximate surface area is 144 Å². The van der Waals surface area contributed by atoms with Crippen molar-refractivity contribution in [2.24, 2.45) is 0 Å². The van der Waals surface area contributed by atoms with E-state index in [-0.39, 0.29) is 11.5 Å². The molecule has 0 N–H and O–H groups in total. The number of allylic oxidation sites excluding steroid dienone is 1. The first-order valence-electron chi connectivity index (χ1n) is 7.76. The van der Waals surface area contributed by atoms with E-state index in [9.17, 15) is 14.9 Å². The highest BCUT2D eigenvalue weighted by molar-refractivity contribution is 6.05. The number of hydrogen-bond donors (Lipinski definition) is 0. The van der Waals surface area contributed by atoms with Gasteiger partial charge in [0.15, 0.2) is 0 Å². The second-order valence-corrected chi connectivity index (χ2v) is 5.33. The second kappa shape index (κ2) is 6.96. The molecular weight excluding hydrogens is 320 g/mol. The van der Waals surface area contributed by atoms with Gasteiger partial charge in [-0.15, -0.1) is 0 Å². The van der Waals surface area contributed by atoms with Crippen molar-refractivity contribution in [1.29, 1.82) is 0 Å². The van der Waals surface area contributed by atoms with E-state index in [1.165, 1.54) is 18.2 Å². The summed E-state index contributed by atoms with van der Waals surface area (Å²) in [5.74, 6) is -0.177. The van der Waals surface area contributed by atoms with E-state index in [2.05, 4.69) is 5.10 Å². The van der Waals surface area contributed by atoms with Crippen LogP contribution >= 0.6 is 0 Å². The summed E-state index contributed by atoms with van der Waals surface area (Å²) in [7, 11) is 0. The van der Waals surface area contributed by atoms with Gasteiger partial charge in [-0.05, 0) is 49.4 Å². The Morgan fingerprint density at radius 1 is 1.20 bits per heavy atom. The molecule has 0 unspecified atom stereocenters. The number of aromatic nitrogens is 3. The molecule has 1 aromatic carbocycles. The number of rotatable bonds is 6. The van der Waals surface area contributed by atoms with Crippen molar-refractivity contribution in [2.45, 2.75) is 13.5 Å². The van der Waals surface area contributed by atoms with Gasteiger partial charge in [-0.2, -0.15) is 5.10 Å². The van der Waals surface area contributed by atoms with Gasteiger partial charge in [-0.1, -0.05) is 0 Å². The van der Waals surface area contributed by atoms with Crippen LogP contribution in [-0.2, 0) is 6.54 Å². The molecule has 0 radical (unpaired) electrons. The minimum absolute atomic E-state index is 0.0367. The molecule has 0 saturated heterocycles. The number of nitro groups is 1. The highest BCUT2D eigenvalue weighted by Gasteiger charge is 2.08. The number of carbonyl (C=O) groups excluding carboxylic acids is 1. The molecule has 0 saturated carbocycles. The van der Waals surface area contributed by atoms with Crippen molar-refractivity contribution in [3.8, 4) is 5.69 Å². The summed E-state index contributed by atoms with van der Waals surface area (Å²) in [6.45, 7) is 2.66. The van der Waals surface area contributed by atoms with E-state index in [0.717, 1.165) is 11.4 Å². The summed E-state index contributed by atoms with van der Waals surface area (Å²) >= 11 is 0. The largest absolute Gasteiger partial charge is 0.317 e. The standard InChI is InChI=1S/C18H16N4O3/c1-2-20-13-11-17(19-20)18(23)10-9-14-4-3-12-21(14)15-5-7-16(8-6-15)22(24)25/h3-13H,2H2,1H3/b10-9+. The minimum atomic E-state index is -0.436. The lowest BCUT2D eigenvalue weighted by Crippen LogP contribution is -2.00. The summed E-state index contributed by atoms with van der Waals surface area (Å²) < 4.78 is 3.54. The molecule has 0 aliphatic rings. The number of nitrogens with zero attached hydrogens (tertiary/aromatic N) is 4. The Morgan fingerprint density at radius 2 is 1.96 bits per heavy atom. The molecule has 7 nitrogen and oxygen atoms in total. The highest BCUT2D eigenvalue weighted by Crippen LogP contribution is 2.18. The molecule has 3 aromatic rings. The predicted octanol–water partition coefficient (Wildman–Crippen LogP) is 3.50. The van der Waals surface area contributed by atoms with Gasteiger partial charge in [0.2, 0.25) is 5.78 Å². The first kappa shape index (κ1) is 16.4. The van der Waals surface area contributed by atoms with Gasteiger partial charge >= 0.3 is 0 Å². The molecule has 0 aliphatic heterocycles. The van der Waals surface area contributed by atoms with Crippen LogP contribution in [0.5, 0.6) is 0 Å². The molecule has 0 atom stereocenters. The van der Waals surface area contributed by atoms with Crippen LogP contribution in [0.15, 0.2) is 60.9 Å². The van der Waals surface area contributed by atoms with Crippen LogP contribution in [0, 0.1) is 10.1 Å². The monoisotopic (exact) mass is 336 g/mol. The molecule has 0 fully saturated rings. The molecule has 0 spiro atoms. The second-order valence-electron chi connectivity index (χ2n) is 5.33. The molecule has 0 aliphatic carbocycles. The molecule has 7 heteroatoms. The highest BCUT2D eigenvalue weighted by atomic mass is 16.6. The topological polar surface area (TPSA) is 83.0 Å². The lowest BCUT2D eigenvalue weighted by molar-refractivity contribution is -0.384. The zero-order valence-electron chi connectivity index (χ0n) is 13.6. The minimum Gasteiger partial charge on any atom is -0.317 e. The maximum absolute atomic E-state index is 12.2. The van der Waals surface area contributed by atoms with Crippen molar-refractivity contribution >= 4 is 17.5 Å². The van der Waals surface area contributed by atoms with Crippen molar-refractivity contribution in [2.75, 3.05) is 0 Å². The van der Waals surface area contributed by atoms with Crippen LogP contribution in [0.1, 0.15) is 23.1 Å². The number of nitro benzene ring substituents is 1. The number of carbonyl (C=O) groups is 1. The van der Waals surface area contributed by atoms with Crippen molar-refractivity contribution < 1.29 is 9.72 Å². The summed E-state index contributed by atoms with van der Waals surface area (Å²) in [5.41, 5.74) is 2.00. The Hall–Kier alpha value is -3.48. The van der Waals surface area contributed by atoms with Crippen LogP contribution in [0.3, 0.4) is 0 Å². The van der Waals surface area contributed by atoms with E-state index in [0.29, 0.717) is 12.2 Å². The average Bonchev–Trinajstić information content (AvgIpc) is 3.29. The van der Waals surface area contributed by atoms with Crippen LogP contribution in [0.25, 0.3) is 11.8 Å². The third kappa shape index (κ3) is 3.55. The van der Waals surface area contributed by atoms with Crippen LogP contribution in [0.2, 0.25) is 0 Å². The lowest BCUT2D eigenvalue weighted by atomic mass is 10.2. The predicted molar refractivity (Wildman–Crippen MR) is 93.7 cm³/mol. The van der Waals surface area contributed by atoms with E-state index in [1.54, 1.807) is 35.2 Å². The van der Waals surface area contributed by atoms with Crippen molar-refractivity contribution in [3.63, 3.8) is 0 Å². The Bertz CT molecular complexity index is 935. The van der Waals surface area contributed by atoms with Gasteiger partial charge in [0.25, 0.3) is 5.69 Å². The first-order chi connectivity index (χ1) is 12.1. The van der Waals surface area contributed by atoms with Crippen molar-refractivity contribution in [1.82, 2.24) is 14.3 Å². The molecular formula is C18H16N4O3. The summed E-state index contributed by atoms with van der Waals surface area (Å²) in [5, 5.41) is 14.9.